The van der Waals surface area contributed by atoms with Crippen molar-refractivity contribution >= 4 is 34.7 Å². The normalized spacial score (nSPS) is 12.6. The van der Waals surface area contributed by atoms with E-state index in [1.54, 1.807) is 28.4 Å². The highest BCUT2D eigenvalue weighted by Crippen LogP contribution is 2.49. The lowest BCUT2D eigenvalue weighted by Gasteiger charge is -2.38. The van der Waals surface area contributed by atoms with Crippen molar-refractivity contribution in [2.75, 3.05) is 52.5 Å². The third-order valence-electron chi connectivity index (χ3n) is 8.09. The number of carbonyl (C=O) groups is 2. The Labute approximate surface area is 280 Å². The molecule has 5 rings (SSSR count). The molecule has 0 spiro atoms. The Kier molecular flexibility index (Phi) is 10.5. The van der Waals surface area contributed by atoms with Crippen molar-refractivity contribution in [3.8, 4) is 23.0 Å². The quantitative estimate of drug-likeness (QED) is 0.145. The van der Waals surface area contributed by atoms with Crippen LogP contribution in [0.4, 0.5) is 22.7 Å². The zero-order valence-corrected chi connectivity index (χ0v) is 27.8. The van der Waals surface area contributed by atoms with Crippen LogP contribution >= 0.6 is 0 Å². The minimum atomic E-state index is -0.568. The number of rotatable bonds is 12. The lowest BCUT2D eigenvalue weighted by atomic mass is 9.89. The summed E-state index contributed by atoms with van der Waals surface area (Å²) in [5, 5.41) is 0. The number of benzene rings is 4. The first-order valence-corrected chi connectivity index (χ1v) is 15.1. The average molecular weight is 651 g/mol. The first-order chi connectivity index (χ1) is 23.4. The van der Waals surface area contributed by atoms with E-state index in [1.807, 2.05) is 107 Å². The molecular formula is C38H38N2O8. The maximum atomic E-state index is 13.9. The summed E-state index contributed by atoms with van der Waals surface area (Å²) >= 11 is 0. The number of methoxy groups -OCH3 is 6. The first-order valence-electron chi connectivity index (χ1n) is 15.1. The SMILES string of the molecule is COC(=O)C1=C(N(c2ccccc2OC)c2ccccc2OC)CC(C(=O)OC)=C(N(c2ccccc2OC)c2ccccc2OC)C1. The number of esters is 2. The summed E-state index contributed by atoms with van der Waals surface area (Å²) in [4.78, 5) is 31.6. The van der Waals surface area contributed by atoms with Crippen molar-refractivity contribution in [2.45, 2.75) is 12.8 Å². The van der Waals surface area contributed by atoms with Crippen molar-refractivity contribution in [1.82, 2.24) is 0 Å². The van der Waals surface area contributed by atoms with Crippen LogP contribution in [0.3, 0.4) is 0 Å². The fourth-order valence-corrected chi connectivity index (χ4v) is 5.91. The number of hydrogen-bond acceptors (Lipinski definition) is 10. The molecule has 0 unspecified atom stereocenters. The molecule has 0 fully saturated rings. The van der Waals surface area contributed by atoms with E-state index in [-0.39, 0.29) is 12.8 Å². The zero-order valence-electron chi connectivity index (χ0n) is 27.8. The van der Waals surface area contributed by atoms with Crippen LogP contribution in [0.25, 0.3) is 0 Å². The highest BCUT2D eigenvalue weighted by molar-refractivity contribution is 5.99. The Balaban J connectivity index is 1.85. The predicted molar refractivity (Wildman–Crippen MR) is 184 cm³/mol. The van der Waals surface area contributed by atoms with Crippen LogP contribution in [0.1, 0.15) is 12.8 Å². The van der Waals surface area contributed by atoms with Crippen LogP contribution in [0.2, 0.25) is 0 Å². The molecule has 10 nitrogen and oxygen atoms in total. The van der Waals surface area contributed by atoms with Crippen LogP contribution in [0, 0.1) is 0 Å². The van der Waals surface area contributed by atoms with Crippen LogP contribution in [0.5, 0.6) is 23.0 Å². The summed E-state index contributed by atoms with van der Waals surface area (Å²) in [5.41, 5.74) is 4.10. The molecule has 48 heavy (non-hydrogen) atoms. The average Bonchev–Trinajstić information content (AvgIpc) is 3.15. The van der Waals surface area contributed by atoms with Crippen molar-refractivity contribution in [1.29, 1.82) is 0 Å². The predicted octanol–water partition coefficient (Wildman–Crippen LogP) is 7.35. The summed E-state index contributed by atoms with van der Waals surface area (Å²) in [6.07, 6.45) is -0.0489. The molecule has 248 valence electrons. The number of anilines is 4. The van der Waals surface area contributed by atoms with Gasteiger partial charge in [0.1, 0.15) is 23.0 Å². The van der Waals surface area contributed by atoms with E-state index >= 15 is 0 Å². The largest absolute Gasteiger partial charge is 0.495 e. The molecule has 0 atom stereocenters. The molecule has 0 radical (unpaired) electrons. The summed E-state index contributed by atoms with van der Waals surface area (Å²) in [7, 11) is 8.97. The molecule has 0 saturated heterocycles. The maximum Gasteiger partial charge on any atom is 0.335 e. The van der Waals surface area contributed by atoms with E-state index in [4.69, 9.17) is 28.4 Å². The second-order valence-electron chi connectivity index (χ2n) is 10.5. The van der Waals surface area contributed by atoms with Crippen molar-refractivity contribution in [3.63, 3.8) is 0 Å². The molecule has 0 N–H and O–H groups in total. The van der Waals surface area contributed by atoms with Crippen molar-refractivity contribution < 1.29 is 38.0 Å². The van der Waals surface area contributed by atoms with Crippen LogP contribution in [-0.2, 0) is 19.1 Å². The van der Waals surface area contributed by atoms with Gasteiger partial charge in [0.2, 0.25) is 0 Å². The van der Waals surface area contributed by atoms with E-state index in [0.29, 0.717) is 68.3 Å². The Bertz CT molecular complexity index is 1630. The summed E-state index contributed by atoms with van der Waals surface area (Å²) in [6, 6.07) is 29.7. The number of para-hydroxylation sites is 8. The highest BCUT2D eigenvalue weighted by atomic mass is 16.5. The lowest BCUT2D eigenvalue weighted by molar-refractivity contribution is -0.137. The first kappa shape index (κ1) is 33.5. The number of nitrogens with zero attached hydrogens (tertiary/aromatic N) is 2. The van der Waals surface area contributed by atoms with Gasteiger partial charge in [-0.3, -0.25) is 0 Å². The number of hydrogen-bond donors (Lipinski definition) is 0. The van der Waals surface area contributed by atoms with Gasteiger partial charge in [-0.1, -0.05) is 48.5 Å². The smallest absolute Gasteiger partial charge is 0.335 e. The van der Waals surface area contributed by atoms with E-state index in [2.05, 4.69) is 0 Å². The van der Waals surface area contributed by atoms with Crippen LogP contribution in [-0.4, -0.2) is 54.6 Å². The van der Waals surface area contributed by atoms with Gasteiger partial charge in [-0.25, -0.2) is 9.59 Å². The molecule has 4 aromatic carbocycles. The molecule has 0 bridgehead atoms. The molecule has 0 aliphatic heterocycles. The summed E-state index contributed by atoms with van der Waals surface area (Å²) in [5.74, 6) is 1.03. The van der Waals surface area contributed by atoms with Gasteiger partial charge in [-0.15, -0.1) is 0 Å². The Morgan fingerprint density at radius 3 is 0.917 bits per heavy atom. The van der Waals surface area contributed by atoms with E-state index < -0.39 is 11.9 Å². The van der Waals surface area contributed by atoms with Crippen molar-refractivity contribution in [3.05, 3.63) is 120 Å². The fourth-order valence-electron chi connectivity index (χ4n) is 5.91. The zero-order chi connectivity index (χ0) is 34.2. The molecule has 1 aliphatic rings. The lowest BCUT2D eigenvalue weighted by Crippen LogP contribution is -2.32. The summed E-state index contributed by atoms with van der Waals surface area (Å²) in [6.45, 7) is 0. The van der Waals surface area contributed by atoms with Gasteiger partial charge in [0.05, 0.1) is 76.6 Å². The van der Waals surface area contributed by atoms with Gasteiger partial charge < -0.3 is 38.2 Å². The Morgan fingerprint density at radius 1 is 0.438 bits per heavy atom. The molecule has 1 aliphatic carbocycles. The molecule has 0 saturated carbocycles. The maximum absolute atomic E-state index is 13.9. The fraction of sp³-hybridized carbons (Fsp3) is 0.211. The minimum absolute atomic E-state index is 0.0245. The second kappa shape index (κ2) is 15.1. The molecule has 0 heterocycles. The van der Waals surface area contributed by atoms with E-state index in [9.17, 15) is 9.59 Å². The second-order valence-corrected chi connectivity index (χ2v) is 10.5. The van der Waals surface area contributed by atoms with Gasteiger partial charge in [0.15, 0.2) is 0 Å². The van der Waals surface area contributed by atoms with E-state index in [1.165, 1.54) is 14.2 Å². The molecule has 0 amide bonds. The highest BCUT2D eigenvalue weighted by Gasteiger charge is 2.38. The molecule has 10 heteroatoms. The Morgan fingerprint density at radius 2 is 0.688 bits per heavy atom. The van der Waals surface area contributed by atoms with Gasteiger partial charge >= 0.3 is 11.9 Å². The van der Waals surface area contributed by atoms with Crippen LogP contribution in [0.15, 0.2) is 120 Å². The van der Waals surface area contributed by atoms with Gasteiger partial charge in [-0.2, -0.15) is 0 Å². The molecular weight excluding hydrogens is 612 g/mol. The topological polar surface area (TPSA) is 96.0 Å². The minimum Gasteiger partial charge on any atom is -0.495 e. The molecule has 4 aromatic rings. The van der Waals surface area contributed by atoms with E-state index in [0.717, 1.165) is 0 Å². The number of allylic oxidation sites excluding steroid dienone is 2. The molecule has 0 aromatic heterocycles. The monoisotopic (exact) mass is 650 g/mol. The van der Waals surface area contributed by atoms with Crippen molar-refractivity contribution in [2.24, 2.45) is 0 Å². The third-order valence-corrected chi connectivity index (χ3v) is 8.09. The van der Waals surface area contributed by atoms with Gasteiger partial charge in [-0.05, 0) is 48.5 Å². The van der Waals surface area contributed by atoms with Gasteiger partial charge in [0.25, 0.3) is 0 Å². The number of carbonyl (C=O) groups excluding carboxylic acids is 2. The van der Waals surface area contributed by atoms with Crippen LogP contribution < -0.4 is 28.7 Å². The number of ether oxygens (including phenoxy) is 6. The Hall–Kier alpha value is -5.90. The standard InChI is InChI=1S/C38H38N2O8/c1-43-33-19-11-7-15-27(33)39(28-16-8-12-20-34(28)44-2)31-23-26(38(42)48-6)32(24-25(31)37(41)47-5)40(29-17-9-13-21-35(29)45-3)30-18-10-14-22-36(30)46-4/h7-22H,23-24H2,1-6H3. The summed E-state index contributed by atoms with van der Waals surface area (Å²) < 4.78 is 34.0. The third kappa shape index (κ3) is 6.37. The van der Waals surface area contributed by atoms with Gasteiger partial charge in [0, 0.05) is 24.2 Å².